The summed E-state index contributed by atoms with van der Waals surface area (Å²) in [4.78, 5) is 23.1. The van der Waals surface area contributed by atoms with Crippen LogP contribution in [0.1, 0.15) is 17.3 Å². The van der Waals surface area contributed by atoms with Crippen molar-refractivity contribution in [1.82, 2.24) is 9.97 Å². The molecule has 0 unspecified atom stereocenters. The number of anilines is 3. The summed E-state index contributed by atoms with van der Waals surface area (Å²) in [5.74, 6) is 0.190. The Kier molecular flexibility index (Phi) is 6.20. The molecule has 1 aliphatic rings. The smallest absolute Gasteiger partial charge is 0.338 e. The molecule has 1 aromatic heterocycles. The third kappa shape index (κ3) is 4.75. The van der Waals surface area contributed by atoms with Crippen molar-refractivity contribution in [2.75, 3.05) is 43.1 Å². The number of nitrogens with zero attached hydrogens (tertiary/aromatic N) is 3. The highest BCUT2D eigenvalue weighted by molar-refractivity contribution is 5.90. The van der Waals surface area contributed by atoms with E-state index < -0.39 is 0 Å². The highest BCUT2D eigenvalue weighted by Crippen LogP contribution is 2.24. The summed E-state index contributed by atoms with van der Waals surface area (Å²) in [6.45, 7) is 5.41. The van der Waals surface area contributed by atoms with Crippen LogP contribution >= 0.6 is 0 Å². The molecule has 4 rings (SSSR count). The summed E-state index contributed by atoms with van der Waals surface area (Å²) < 4.78 is 10.5. The van der Waals surface area contributed by atoms with Crippen molar-refractivity contribution in [2.24, 2.45) is 0 Å². The molecule has 1 fully saturated rings. The molecule has 1 N–H and O–H groups in total. The summed E-state index contributed by atoms with van der Waals surface area (Å²) in [7, 11) is 0. The normalized spacial score (nSPS) is 13.7. The Balaban J connectivity index is 1.49. The van der Waals surface area contributed by atoms with Crippen LogP contribution in [0.2, 0.25) is 0 Å². The number of esters is 1. The summed E-state index contributed by atoms with van der Waals surface area (Å²) in [6.07, 6.45) is 1.72. The Bertz CT molecular complexity index is 1000. The second-order valence-electron chi connectivity index (χ2n) is 6.84. The molecule has 2 aromatic carbocycles. The Morgan fingerprint density at radius 1 is 1.13 bits per heavy atom. The Hall–Kier alpha value is -3.45. The number of hydrogen-bond donors (Lipinski definition) is 1. The van der Waals surface area contributed by atoms with E-state index in [0.29, 0.717) is 18.1 Å². The second-order valence-corrected chi connectivity index (χ2v) is 6.84. The Morgan fingerprint density at radius 2 is 1.93 bits per heavy atom. The van der Waals surface area contributed by atoms with Crippen LogP contribution < -0.4 is 10.2 Å². The van der Waals surface area contributed by atoms with E-state index in [1.165, 1.54) is 0 Å². The van der Waals surface area contributed by atoms with Gasteiger partial charge in [0, 0.05) is 36.2 Å². The number of ether oxygens (including phenoxy) is 2. The van der Waals surface area contributed by atoms with Gasteiger partial charge >= 0.3 is 5.97 Å². The van der Waals surface area contributed by atoms with Crippen molar-refractivity contribution < 1.29 is 14.3 Å². The first-order chi connectivity index (χ1) is 14.7. The van der Waals surface area contributed by atoms with Crippen molar-refractivity contribution in [3.05, 3.63) is 66.4 Å². The molecule has 0 aliphatic carbocycles. The molecule has 0 amide bonds. The van der Waals surface area contributed by atoms with Crippen LogP contribution in [-0.4, -0.2) is 48.8 Å². The van der Waals surface area contributed by atoms with Gasteiger partial charge < -0.3 is 19.7 Å². The quantitative estimate of drug-likeness (QED) is 0.625. The molecule has 2 heterocycles. The van der Waals surface area contributed by atoms with Gasteiger partial charge in [-0.2, -0.15) is 0 Å². The highest BCUT2D eigenvalue weighted by Gasteiger charge is 2.12. The van der Waals surface area contributed by atoms with Crippen LogP contribution in [0.5, 0.6) is 0 Å². The van der Waals surface area contributed by atoms with Gasteiger partial charge in [-0.15, -0.1) is 0 Å². The Morgan fingerprint density at radius 3 is 2.70 bits per heavy atom. The van der Waals surface area contributed by atoms with Crippen molar-refractivity contribution in [1.29, 1.82) is 0 Å². The molecule has 30 heavy (non-hydrogen) atoms. The lowest BCUT2D eigenvalue weighted by Crippen LogP contribution is -2.36. The third-order valence-corrected chi connectivity index (χ3v) is 4.83. The fraction of sp³-hybridized carbons (Fsp3) is 0.261. The summed E-state index contributed by atoms with van der Waals surface area (Å²) >= 11 is 0. The van der Waals surface area contributed by atoms with Crippen LogP contribution in [0, 0.1) is 0 Å². The van der Waals surface area contributed by atoms with E-state index >= 15 is 0 Å². The number of carbonyl (C=O) groups is 1. The van der Waals surface area contributed by atoms with Crippen molar-refractivity contribution in [2.45, 2.75) is 6.92 Å². The summed E-state index contributed by atoms with van der Waals surface area (Å²) in [6, 6.07) is 17.2. The lowest BCUT2D eigenvalue weighted by molar-refractivity contribution is 0.0526. The van der Waals surface area contributed by atoms with E-state index in [4.69, 9.17) is 9.47 Å². The first kappa shape index (κ1) is 19.8. The molecule has 3 aromatic rings. The van der Waals surface area contributed by atoms with Crippen LogP contribution in [0.15, 0.2) is 60.8 Å². The van der Waals surface area contributed by atoms with Crippen LogP contribution in [0.25, 0.3) is 11.3 Å². The van der Waals surface area contributed by atoms with E-state index in [9.17, 15) is 4.79 Å². The van der Waals surface area contributed by atoms with Gasteiger partial charge in [0.05, 0.1) is 31.1 Å². The first-order valence-corrected chi connectivity index (χ1v) is 10.0. The maximum Gasteiger partial charge on any atom is 0.338 e. The highest BCUT2D eigenvalue weighted by atomic mass is 16.5. The zero-order valence-corrected chi connectivity index (χ0v) is 16.9. The average Bonchev–Trinajstić information content (AvgIpc) is 2.80. The average molecular weight is 404 g/mol. The lowest BCUT2D eigenvalue weighted by Gasteiger charge is -2.29. The second kappa shape index (κ2) is 9.37. The summed E-state index contributed by atoms with van der Waals surface area (Å²) in [5, 5.41) is 3.29. The topological polar surface area (TPSA) is 76.6 Å². The lowest BCUT2D eigenvalue weighted by atomic mass is 10.1. The van der Waals surface area contributed by atoms with Gasteiger partial charge in [-0.3, -0.25) is 0 Å². The van der Waals surface area contributed by atoms with E-state index in [1.807, 2.05) is 30.3 Å². The van der Waals surface area contributed by atoms with Crippen LogP contribution in [0.4, 0.5) is 17.3 Å². The molecule has 0 atom stereocenters. The van der Waals surface area contributed by atoms with Gasteiger partial charge in [-0.1, -0.05) is 18.2 Å². The Labute approximate surface area is 175 Å². The molecule has 0 spiro atoms. The van der Waals surface area contributed by atoms with Crippen LogP contribution in [0.3, 0.4) is 0 Å². The molecule has 1 saturated heterocycles. The van der Waals surface area contributed by atoms with E-state index in [1.54, 1.807) is 25.3 Å². The van der Waals surface area contributed by atoms with Gasteiger partial charge in [0.25, 0.3) is 0 Å². The van der Waals surface area contributed by atoms with Gasteiger partial charge in [-0.05, 0) is 43.3 Å². The standard InChI is InChI=1S/C23H24N4O3/c1-2-30-22(28)18-8-6-17(7-9-18)21-10-11-24-23(26-21)25-19-4-3-5-20(16-19)27-12-14-29-15-13-27/h3-11,16H,2,12-15H2,1H3,(H,24,25,26). The first-order valence-electron chi connectivity index (χ1n) is 10.0. The molecular formula is C23H24N4O3. The number of morpholine rings is 1. The minimum atomic E-state index is -0.325. The van der Waals surface area contributed by atoms with E-state index in [-0.39, 0.29) is 5.97 Å². The fourth-order valence-electron chi connectivity index (χ4n) is 3.30. The molecule has 0 radical (unpaired) electrons. The van der Waals surface area contributed by atoms with Gasteiger partial charge in [0.1, 0.15) is 0 Å². The van der Waals surface area contributed by atoms with E-state index in [2.05, 4.69) is 32.3 Å². The predicted octanol–water partition coefficient (Wildman–Crippen LogP) is 3.90. The fourth-order valence-corrected chi connectivity index (χ4v) is 3.30. The molecule has 1 aliphatic heterocycles. The van der Waals surface area contributed by atoms with Gasteiger partial charge in [-0.25, -0.2) is 14.8 Å². The SMILES string of the molecule is CCOC(=O)c1ccc(-c2ccnc(Nc3cccc(N4CCOCC4)c3)n2)cc1. The maximum absolute atomic E-state index is 11.8. The van der Waals surface area contributed by atoms with Crippen molar-refractivity contribution in [3.63, 3.8) is 0 Å². The van der Waals surface area contributed by atoms with Crippen LogP contribution in [-0.2, 0) is 9.47 Å². The number of carbonyl (C=O) groups excluding carboxylic acids is 1. The number of hydrogen-bond acceptors (Lipinski definition) is 7. The molecule has 7 nitrogen and oxygen atoms in total. The molecule has 0 saturated carbocycles. The minimum Gasteiger partial charge on any atom is -0.462 e. The minimum absolute atomic E-state index is 0.325. The van der Waals surface area contributed by atoms with Gasteiger partial charge in [0.15, 0.2) is 0 Å². The summed E-state index contributed by atoms with van der Waals surface area (Å²) in [5.41, 5.74) is 4.26. The monoisotopic (exact) mass is 404 g/mol. The molecular weight excluding hydrogens is 380 g/mol. The number of aromatic nitrogens is 2. The third-order valence-electron chi connectivity index (χ3n) is 4.83. The van der Waals surface area contributed by atoms with Crippen molar-refractivity contribution >= 4 is 23.3 Å². The molecule has 7 heteroatoms. The maximum atomic E-state index is 11.8. The largest absolute Gasteiger partial charge is 0.462 e. The molecule has 154 valence electrons. The number of nitrogens with one attached hydrogen (secondary N) is 1. The van der Waals surface area contributed by atoms with Gasteiger partial charge in [0.2, 0.25) is 5.95 Å². The zero-order valence-electron chi connectivity index (χ0n) is 16.9. The zero-order chi connectivity index (χ0) is 20.8. The number of rotatable bonds is 6. The predicted molar refractivity (Wildman–Crippen MR) is 116 cm³/mol. The number of benzene rings is 2. The molecule has 0 bridgehead atoms. The van der Waals surface area contributed by atoms with Crippen molar-refractivity contribution in [3.8, 4) is 11.3 Å². The van der Waals surface area contributed by atoms with E-state index in [0.717, 1.165) is 48.9 Å².